The van der Waals surface area contributed by atoms with Crippen molar-refractivity contribution in [1.29, 1.82) is 0 Å². The zero-order valence-electron chi connectivity index (χ0n) is 26.4. The van der Waals surface area contributed by atoms with Gasteiger partial charge in [-0.15, -0.1) is 22.7 Å². The van der Waals surface area contributed by atoms with Gasteiger partial charge in [0, 0.05) is 52.3 Å². The van der Waals surface area contributed by atoms with Crippen molar-refractivity contribution in [2.75, 3.05) is 0 Å². The predicted molar refractivity (Wildman–Crippen MR) is 211 cm³/mol. The minimum atomic E-state index is 0.949. The van der Waals surface area contributed by atoms with Crippen molar-refractivity contribution in [2.45, 2.75) is 0 Å². The molecule has 49 heavy (non-hydrogen) atoms. The van der Waals surface area contributed by atoms with Gasteiger partial charge in [0.2, 0.25) is 0 Å². The van der Waals surface area contributed by atoms with Crippen molar-refractivity contribution in [1.82, 2.24) is 9.55 Å². The number of rotatable bonds is 5. The van der Waals surface area contributed by atoms with E-state index in [1.807, 2.05) is 11.3 Å². The zero-order chi connectivity index (χ0) is 32.3. The van der Waals surface area contributed by atoms with E-state index in [0.717, 1.165) is 28.1 Å². The lowest BCUT2D eigenvalue weighted by atomic mass is 9.95. The second-order valence-electron chi connectivity index (χ2n) is 12.4. The summed E-state index contributed by atoms with van der Waals surface area (Å²) < 4.78 is 6.30. The molecular weight excluding hydrogens is 633 g/mol. The molecule has 0 spiro atoms. The first kappa shape index (κ1) is 28.2. The quantitative estimate of drug-likeness (QED) is 0.180. The molecule has 0 amide bonds. The molecule has 10 rings (SSSR count). The van der Waals surface area contributed by atoms with E-state index >= 15 is 0 Å². The van der Waals surface area contributed by atoms with Crippen LogP contribution in [-0.4, -0.2) is 9.55 Å². The summed E-state index contributed by atoms with van der Waals surface area (Å²) in [4.78, 5) is 5.39. The standard InChI is InChI=1S/C45H28N2S2/c1-3-12-29(13-4-1)33-17-11-18-34(30-14-5-2-6-15-30)44(33)47-40-20-9-8-19-39(40)46-45(47)38-28-48-41-24-22-31(27-37(38)41)32-23-25-43-36(26-32)35-16-7-10-21-42(35)49-43/h1-28H. The zero-order valence-corrected chi connectivity index (χ0v) is 28.0. The smallest absolute Gasteiger partial charge is 0.147 e. The van der Waals surface area contributed by atoms with Crippen molar-refractivity contribution in [3.05, 3.63) is 169 Å². The predicted octanol–water partition coefficient (Wildman–Crippen LogP) is 13.3. The Labute approximate surface area is 291 Å². The van der Waals surface area contributed by atoms with Gasteiger partial charge in [-0.25, -0.2) is 4.98 Å². The van der Waals surface area contributed by atoms with Gasteiger partial charge in [0.15, 0.2) is 0 Å². The van der Waals surface area contributed by atoms with Crippen LogP contribution in [0.1, 0.15) is 0 Å². The summed E-state index contributed by atoms with van der Waals surface area (Å²) in [6.45, 7) is 0. The molecule has 3 aromatic heterocycles. The Morgan fingerprint density at radius 1 is 0.429 bits per heavy atom. The summed E-state index contributed by atoms with van der Waals surface area (Å²) in [6.07, 6.45) is 0. The maximum atomic E-state index is 5.39. The number of para-hydroxylation sites is 3. The van der Waals surface area contributed by atoms with Gasteiger partial charge >= 0.3 is 0 Å². The van der Waals surface area contributed by atoms with E-state index in [-0.39, 0.29) is 0 Å². The molecule has 0 aliphatic heterocycles. The first-order valence-electron chi connectivity index (χ1n) is 16.5. The largest absolute Gasteiger partial charge is 0.291 e. The number of nitrogens with zero attached hydrogens (tertiary/aromatic N) is 2. The molecule has 0 radical (unpaired) electrons. The van der Waals surface area contributed by atoms with Crippen molar-refractivity contribution < 1.29 is 0 Å². The van der Waals surface area contributed by atoms with E-state index in [4.69, 9.17) is 4.98 Å². The van der Waals surface area contributed by atoms with Crippen molar-refractivity contribution in [3.63, 3.8) is 0 Å². The molecule has 0 N–H and O–H groups in total. The fraction of sp³-hybridized carbons (Fsp3) is 0. The van der Waals surface area contributed by atoms with Crippen LogP contribution >= 0.6 is 22.7 Å². The first-order valence-corrected chi connectivity index (χ1v) is 18.1. The Bertz CT molecular complexity index is 2760. The second-order valence-corrected chi connectivity index (χ2v) is 14.4. The van der Waals surface area contributed by atoms with Crippen molar-refractivity contribution in [3.8, 4) is 50.5 Å². The molecule has 10 aromatic rings. The lowest BCUT2D eigenvalue weighted by Crippen LogP contribution is -2.03. The lowest BCUT2D eigenvalue weighted by Gasteiger charge is -2.19. The number of aromatic nitrogens is 2. The highest BCUT2D eigenvalue weighted by Gasteiger charge is 2.23. The summed E-state index contributed by atoms with van der Waals surface area (Å²) in [7, 11) is 0. The second kappa shape index (κ2) is 11.4. The van der Waals surface area contributed by atoms with E-state index in [1.165, 1.54) is 63.6 Å². The molecule has 230 valence electrons. The van der Waals surface area contributed by atoms with E-state index in [9.17, 15) is 0 Å². The van der Waals surface area contributed by atoms with Crippen LogP contribution in [0.25, 0.3) is 91.7 Å². The number of hydrogen-bond donors (Lipinski definition) is 0. The van der Waals surface area contributed by atoms with Gasteiger partial charge in [0.25, 0.3) is 0 Å². The van der Waals surface area contributed by atoms with Crippen LogP contribution in [-0.2, 0) is 0 Å². The third kappa shape index (κ3) is 4.64. The summed E-state index contributed by atoms with van der Waals surface area (Å²) in [5.74, 6) is 0.949. The highest BCUT2D eigenvalue weighted by Crippen LogP contribution is 2.44. The number of benzene rings is 7. The molecule has 7 aromatic carbocycles. The fourth-order valence-electron chi connectivity index (χ4n) is 7.21. The van der Waals surface area contributed by atoms with Gasteiger partial charge in [-0.3, -0.25) is 4.57 Å². The Morgan fingerprint density at radius 3 is 1.80 bits per heavy atom. The Kier molecular flexibility index (Phi) is 6.57. The first-order chi connectivity index (χ1) is 24.3. The lowest BCUT2D eigenvalue weighted by molar-refractivity contribution is 1.11. The van der Waals surface area contributed by atoms with Gasteiger partial charge in [0.05, 0.1) is 16.7 Å². The summed E-state index contributed by atoms with van der Waals surface area (Å²) in [5, 5.41) is 6.14. The van der Waals surface area contributed by atoms with Gasteiger partial charge in [-0.2, -0.15) is 0 Å². The van der Waals surface area contributed by atoms with Gasteiger partial charge < -0.3 is 0 Å². The summed E-state index contributed by atoms with van der Waals surface area (Å²) in [6, 6.07) is 59.1. The van der Waals surface area contributed by atoms with E-state index in [0.29, 0.717) is 0 Å². The van der Waals surface area contributed by atoms with Crippen LogP contribution in [0.2, 0.25) is 0 Å². The molecule has 0 bridgehead atoms. The number of thiophene rings is 2. The maximum absolute atomic E-state index is 5.39. The molecule has 3 heterocycles. The summed E-state index contributed by atoms with van der Waals surface area (Å²) >= 11 is 3.64. The Morgan fingerprint density at radius 2 is 1.04 bits per heavy atom. The monoisotopic (exact) mass is 660 g/mol. The number of hydrogen-bond acceptors (Lipinski definition) is 3. The Hall–Kier alpha value is -5.81. The third-order valence-corrected chi connectivity index (χ3v) is 11.6. The Balaban J connectivity index is 1.23. The molecule has 0 saturated heterocycles. The van der Waals surface area contributed by atoms with Gasteiger partial charge in [0.1, 0.15) is 5.82 Å². The highest BCUT2D eigenvalue weighted by atomic mass is 32.1. The molecule has 4 heteroatoms. The minimum Gasteiger partial charge on any atom is -0.291 e. The molecule has 0 aliphatic rings. The normalized spacial score (nSPS) is 11.7. The third-order valence-electron chi connectivity index (χ3n) is 9.51. The van der Waals surface area contributed by atoms with Gasteiger partial charge in [-0.1, -0.05) is 121 Å². The highest BCUT2D eigenvalue weighted by molar-refractivity contribution is 7.25. The van der Waals surface area contributed by atoms with E-state index < -0.39 is 0 Å². The van der Waals surface area contributed by atoms with E-state index in [2.05, 4.69) is 174 Å². The van der Waals surface area contributed by atoms with Crippen molar-refractivity contribution >= 4 is 64.0 Å². The molecular formula is C45H28N2S2. The summed E-state index contributed by atoms with van der Waals surface area (Å²) in [5.41, 5.74) is 11.5. The fourth-order valence-corrected chi connectivity index (χ4v) is 9.21. The molecule has 0 atom stereocenters. The average molecular weight is 661 g/mol. The molecule has 0 aliphatic carbocycles. The van der Waals surface area contributed by atoms with Gasteiger partial charge in [-0.05, 0) is 64.7 Å². The van der Waals surface area contributed by atoms with Crippen LogP contribution in [0.4, 0.5) is 0 Å². The maximum Gasteiger partial charge on any atom is 0.147 e. The molecule has 0 saturated carbocycles. The number of fused-ring (bicyclic) bond motifs is 5. The minimum absolute atomic E-state index is 0.949. The molecule has 2 nitrogen and oxygen atoms in total. The van der Waals surface area contributed by atoms with E-state index in [1.54, 1.807) is 11.3 Å². The molecule has 0 fully saturated rings. The average Bonchev–Trinajstić information content (AvgIpc) is 3.88. The SMILES string of the molecule is c1ccc(-c2cccc(-c3ccccc3)c2-n2c(-c3csc4ccc(-c5ccc6sc7ccccc7c6c5)cc34)nc3ccccc32)cc1. The topological polar surface area (TPSA) is 17.8 Å². The van der Waals surface area contributed by atoms with Crippen LogP contribution in [0.15, 0.2) is 169 Å². The molecule has 0 unspecified atom stereocenters. The van der Waals surface area contributed by atoms with Crippen molar-refractivity contribution in [2.24, 2.45) is 0 Å². The van der Waals surface area contributed by atoms with Crippen LogP contribution < -0.4 is 0 Å². The number of imidazole rings is 1. The van der Waals surface area contributed by atoms with Crippen LogP contribution in [0.3, 0.4) is 0 Å². The van der Waals surface area contributed by atoms with Crippen LogP contribution in [0, 0.1) is 0 Å². The van der Waals surface area contributed by atoms with Crippen LogP contribution in [0.5, 0.6) is 0 Å².